The van der Waals surface area contributed by atoms with Crippen molar-refractivity contribution >= 4 is 27.9 Å². The van der Waals surface area contributed by atoms with Gasteiger partial charge in [0.15, 0.2) is 0 Å². The maximum Gasteiger partial charge on any atom is 0.490 e. The molecule has 0 aliphatic heterocycles. The summed E-state index contributed by atoms with van der Waals surface area (Å²) in [5.41, 5.74) is 4.32. The van der Waals surface area contributed by atoms with E-state index in [0.717, 1.165) is 6.07 Å². The number of hydrogen-bond donors (Lipinski definition) is 3. The minimum absolute atomic E-state index is 0.0140. The quantitative estimate of drug-likeness (QED) is 0.505. The molecule has 1 rings (SSSR count). The first-order chi connectivity index (χ1) is 10.6. The molecule has 13 heteroatoms. The molecule has 1 atom stereocenters. The molecule has 0 saturated heterocycles. The normalized spacial score (nSPS) is 12.8. The van der Waals surface area contributed by atoms with Gasteiger partial charge in [0.1, 0.15) is 16.3 Å². The fraction of sp³-hybridized carbons (Fsp3) is 0.364. The predicted molar refractivity (Wildman–Crippen MR) is 69.9 cm³/mol. The topological polar surface area (TPSA) is 114 Å². The van der Waals surface area contributed by atoms with Gasteiger partial charge in [0, 0.05) is 0 Å². The minimum Gasteiger partial charge on any atom is -0.480 e. The van der Waals surface area contributed by atoms with Crippen LogP contribution in [0.25, 0.3) is 0 Å². The van der Waals surface area contributed by atoms with Crippen LogP contribution in [0.1, 0.15) is 11.3 Å². The standard InChI is InChI=1S/C9H8BrF3N2O2.C2HF3O2/c10-7-3-4(1-5(14)8(16)17)2-6(15-7)9(11,12)13;3-2(4,5)1(6)7/h2-3,5H,1,14H2,(H,16,17);(H,6,7). The molecule has 1 heterocycles. The second-order valence-corrected chi connectivity index (χ2v) is 4.95. The Morgan fingerprint density at radius 2 is 1.62 bits per heavy atom. The van der Waals surface area contributed by atoms with E-state index in [-0.39, 0.29) is 16.6 Å². The fourth-order valence-corrected chi connectivity index (χ4v) is 1.64. The van der Waals surface area contributed by atoms with Gasteiger partial charge in [0.2, 0.25) is 0 Å². The molecule has 0 amide bonds. The maximum atomic E-state index is 12.4. The highest BCUT2D eigenvalue weighted by molar-refractivity contribution is 9.10. The molecule has 0 spiro atoms. The first kappa shape index (κ1) is 22.1. The lowest BCUT2D eigenvalue weighted by Crippen LogP contribution is -2.32. The molecule has 0 saturated carbocycles. The van der Waals surface area contributed by atoms with Crippen molar-refractivity contribution in [1.29, 1.82) is 0 Å². The van der Waals surface area contributed by atoms with Gasteiger partial charge in [0.25, 0.3) is 0 Å². The lowest BCUT2D eigenvalue weighted by Gasteiger charge is -2.10. The van der Waals surface area contributed by atoms with Crippen LogP contribution in [0.4, 0.5) is 26.3 Å². The van der Waals surface area contributed by atoms with Crippen molar-refractivity contribution in [1.82, 2.24) is 4.98 Å². The first-order valence-electron chi connectivity index (χ1n) is 5.66. The van der Waals surface area contributed by atoms with E-state index in [1.54, 1.807) is 0 Å². The summed E-state index contributed by atoms with van der Waals surface area (Å²) < 4.78 is 69.0. The molecule has 0 bridgehead atoms. The Morgan fingerprint density at radius 3 is 1.96 bits per heavy atom. The number of halogens is 7. The summed E-state index contributed by atoms with van der Waals surface area (Å²) in [6.45, 7) is 0. The van der Waals surface area contributed by atoms with Crippen LogP contribution in [-0.2, 0) is 22.2 Å². The number of rotatable bonds is 3. The third-order valence-corrected chi connectivity index (χ3v) is 2.57. The molecule has 0 aliphatic carbocycles. The summed E-state index contributed by atoms with van der Waals surface area (Å²) in [6, 6.07) is 0.844. The first-order valence-corrected chi connectivity index (χ1v) is 6.46. The third kappa shape index (κ3) is 8.10. The Balaban J connectivity index is 0.000000640. The second-order valence-electron chi connectivity index (χ2n) is 4.13. The van der Waals surface area contributed by atoms with Gasteiger partial charge in [-0.1, -0.05) is 0 Å². The molecular formula is C11H9BrF6N2O4. The van der Waals surface area contributed by atoms with E-state index in [1.807, 2.05) is 0 Å². The van der Waals surface area contributed by atoms with Crippen molar-refractivity contribution in [2.45, 2.75) is 24.8 Å². The summed E-state index contributed by atoms with van der Waals surface area (Å²) in [4.78, 5) is 22.7. The summed E-state index contributed by atoms with van der Waals surface area (Å²) >= 11 is 2.83. The average Bonchev–Trinajstić information content (AvgIpc) is 2.36. The molecule has 24 heavy (non-hydrogen) atoms. The smallest absolute Gasteiger partial charge is 0.480 e. The molecule has 0 aromatic carbocycles. The molecule has 0 fully saturated rings. The van der Waals surface area contributed by atoms with Crippen molar-refractivity contribution < 1.29 is 46.1 Å². The van der Waals surface area contributed by atoms with Gasteiger partial charge in [-0.3, -0.25) is 4.79 Å². The molecule has 0 aliphatic rings. The average molecular weight is 427 g/mol. The van der Waals surface area contributed by atoms with E-state index in [1.165, 1.54) is 6.07 Å². The lowest BCUT2D eigenvalue weighted by molar-refractivity contribution is -0.192. The van der Waals surface area contributed by atoms with Crippen LogP contribution in [-0.4, -0.2) is 39.4 Å². The van der Waals surface area contributed by atoms with Crippen LogP contribution < -0.4 is 5.73 Å². The van der Waals surface area contributed by atoms with Crippen molar-refractivity contribution in [2.75, 3.05) is 0 Å². The van der Waals surface area contributed by atoms with Gasteiger partial charge in [0.05, 0.1) is 0 Å². The Labute approximate surface area is 138 Å². The summed E-state index contributed by atoms with van der Waals surface area (Å²) in [5.74, 6) is -4.03. The van der Waals surface area contributed by atoms with Crippen LogP contribution in [0.15, 0.2) is 16.7 Å². The van der Waals surface area contributed by atoms with Crippen molar-refractivity contribution in [3.05, 3.63) is 28.0 Å². The summed E-state index contributed by atoms with van der Waals surface area (Å²) in [7, 11) is 0. The Hall–Kier alpha value is -1.89. The van der Waals surface area contributed by atoms with Crippen LogP contribution in [0.2, 0.25) is 0 Å². The Kier molecular flexibility index (Phi) is 7.63. The number of hydrogen-bond acceptors (Lipinski definition) is 4. The van der Waals surface area contributed by atoms with Gasteiger partial charge in [-0.25, -0.2) is 9.78 Å². The number of nitrogens with zero attached hydrogens (tertiary/aromatic N) is 1. The molecule has 1 unspecified atom stereocenters. The number of nitrogens with two attached hydrogens (primary N) is 1. The van der Waals surface area contributed by atoms with Crippen molar-refractivity contribution in [3.63, 3.8) is 0 Å². The molecule has 136 valence electrons. The van der Waals surface area contributed by atoms with Crippen LogP contribution in [0.5, 0.6) is 0 Å². The van der Waals surface area contributed by atoms with Crippen LogP contribution >= 0.6 is 15.9 Å². The summed E-state index contributed by atoms with van der Waals surface area (Å²) in [6.07, 6.45) is -9.86. The zero-order chi connectivity index (χ0) is 19.3. The molecule has 6 nitrogen and oxygen atoms in total. The van der Waals surface area contributed by atoms with Crippen molar-refractivity contribution in [2.24, 2.45) is 5.73 Å². The third-order valence-electron chi connectivity index (χ3n) is 2.16. The maximum absolute atomic E-state index is 12.4. The number of carbonyl (C=O) groups is 2. The molecule has 0 radical (unpaired) electrons. The van der Waals surface area contributed by atoms with Gasteiger partial charge in [-0.15, -0.1) is 0 Å². The van der Waals surface area contributed by atoms with E-state index in [0.29, 0.717) is 0 Å². The largest absolute Gasteiger partial charge is 0.490 e. The monoisotopic (exact) mass is 426 g/mol. The zero-order valence-corrected chi connectivity index (χ0v) is 12.9. The lowest BCUT2D eigenvalue weighted by atomic mass is 10.1. The van der Waals surface area contributed by atoms with E-state index in [9.17, 15) is 31.1 Å². The van der Waals surface area contributed by atoms with E-state index in [2.05, 4.69) is 20.9 Å². The van der Waals surface area contributed by atoms with Crippen molar-refractivity contribution in [3.8, 4) is 0 Å². The fourth-order valence-electron chi connectivity index (χ4n) is 1.15. The SMILES string of the molecule is NC(Cc1cc(Br)nc(C(F)(F)F)c1)C(=O)O.O=C(O)C(F)(F)F. The Bertz CT molecular complexity index is 605. The predicted octanol–water partition coefficient (Wildman–Crippen LogP) is 2.45. The highest BCUT2D eigenvalue weighted by atomic mass is 79.9. The van der Waals surface area contributed by atoms with E-state index >= 15 is 0 Å². The molecule has 1 aromatic rings. The molecule has 4 N–H and O–H groups in total. The highest BCUT2D eigenvalue weighted by Gasteiger charge is 2.38. The minimum atomic E-state index is -5.08. The van der Waals surface area contributed by atoms with Gasteiger partial charge in [-0.2, -0.15) is 26.3 Å². The number of carboxylic acids is 2. The zero-order valence-electron chi connectivity index (χ0n) is 11.3. The van der Waals surface area contributed by atoms with E-state index < -0.39 is 36.0 Å². The van der Waals surface area contributed by atoms with Gasteiger partial charge >= 0.3 is 24.3 Å². The number of aromatic nitrogens is 1. The van der Waals surface area contributed by atoms with Crippen LogP contribution in [0, 0.1) is 0 Å². The molecule has 1 aromatic heterocycles. The van der Waals surface area contributed by atoms with Gasteiger partial charge in [-0.05, 0) is 40.0 Å². The summed E-state index contributed by atoms with van der Waals surface area (Å²) in [5, 5.41) is 15.7. The second kappa shape index (κ2) is 8.28. The van der Waals surface area contributed by atoms with Gasteiger partial charge < -0.3 is 15.9 Å². The number of pyridine rings is 1. The van der Waals surface area contributed by atoms with Crippen LogP contribution in [0.3, 0.4) is 0 Å². The number of alkyl halides is 6. The molecular weight excluding hydrogens is 418 g/mol. The number of carboxylic acid groups (broad SMARTS) is 2. The Morgan fingerprint density at radius 1 is 1.17 bits per heavy atom. The van der Waals surface area contributed by atoms with E-state index in [4.69, 9.17) is 20.7 Å². The highest BCUT2D eigenvalue weighted by Crippen LogP contribution is 2.29. The number of aliphatic carboxylic acids is 2.